The standard InChI is InChI=1S/C24H18ClN3O3S/c1-2-31-19-10-8-18(9-11-19)28-22(29)13-21(24(28)30)32-23-16(14-26)5-12-20(27-23)15-3-6-17(25)7-4-15/h3-12,21H,2,13H2,1H3. The number of pyridine rings is 1. The summed E-state index contributed by atoms with van der Waals surface area (Å²) >= 11 is 7.10. The average Bonchev–Trinajstić information content (AvgIpc) is 3.08. The van der Waals surface area contributed by atoms with Crippen molar-refractivity contribution >= 4 is 40.9 Å². The van der Waals surface area contributed by atoms with Crippen LogP contribution in [0, 0.1) is 11.3 Å². The number of halogens is 1. The number of amides is 2. The van der Waals surface area contributed by atoms with Gasteiger partial charge >= 0.3 is 0 Å². The quantitative estimate of drug-likeness (QED) is 0.473. The molecule has 8 heteroatoms. The summed E-state index contributed by atoms with van der Waals surface area (Å²) in [7, 11) is 0. The van der Waals surface area contributed by atoms with Gasteiger partial charge in [0.2, 0.25) is 11.8 Å². The van der Waals surface area contributed by atoms with E-state index < -0.39 is 5.25 Å². The van der Waals surface area contributed by atoms with Crippen LogP contribution in [0.15, 0.2) is 65.7 Å². The number of ether oxygens (including phenoxy) is 1. The second-order valence-corrected chi connectivity index (χ2v) is 8.60. The van der Waals surface area contributed by atoms with E-state index in [1.807, 2.05) is 19.1 Å². The molecule has 4 rings (SSSR count). The number of nitriles is 1. The lowest BCUT2D eigenvalue weighted by Crippen LogP contribution is -2.31. The third-order valence-electron chi connectivity index (χ3n) is 4.89. The Balaban J connectivity index is 1.58. The van der Waals surface area contributed by atoms with Gasteiger partial charge in [-0.25, -0.2) is 9.88 Å². The van der Waals surface area contributed by atoms with Gasteiger partial charge in [-0.15, -0.1) is 0 Å². The molecule has 0 radical (unpaired) electrons. The fraction of sp³-hybridized carbons (Fsp3) is 0.167. The Morgan fingerprint density at radius 2 is 1.84 bits per heavy atom. The molecule has 0 bridgehead atoms. The maximum atomic E-state index is 13.1. The van der Waals surface area contributed by atoms with E-state index in [0.717, 1.165) is 17.3 Å². The number of benzene rings is 2. The molecule has 160 valence electrons. The Labute approximate surface area is 194 Å². The van der Waals surface area contributed by atoms with Gasteiger partial charge < -0.3 is 4.74 Å². The van der Waals surface area contributed by atoms with Gasteiger partial charge in [0.1, 0.15) is 16.8 Å². The van der Waals surface area contributed by atoms with Crippen molar-refractivity contribution in [1.29, 1.82) is 5.26 Å². The molecule has 1 unspecified atom stereocenters. The van der Waals surface area contributed by atoms with Crippen molar-refractivity contribution < 1.29 is 14.3 Å². The summed E-state index contributed by atoms with van der Waals surface area (Å²) in [6.07, 6.45) is 0.0361. The van der Waals surface area contributed by atoms with Crippen LogP contribution in [0.4, 0.5) is 5.69 Å². The van der Waals surface area contributed by atoms with E-state index in [4.69, 9.17) is 16.3 Å². The highest BCUT2D eigenvalue weighted by molar-refractivity contribution is 8.00. The van der Waals surface area contributed by atoms with Crippen molar-refractivity contribution in [2.45, 2.75) is 23.6 Å². The fourth-order valence-corrected chi connectivity index (χ4v) is 4.58. The van der Waals surface area contributed by atoms with Gasteiger partial charge in [-0.05, 0) is 55.5 Å². The summed E-state index contributed by atoms with van der Waals surface area (Å²) in [4.78, 5) is 31.5. The van der Waals surface area contributed by atoms with Gasteiger partial charge in [-0.2, -0.15) is 5.26 Å². The van der Waals surface area contributed by atoms with Crippen molar-refractivity contribution in [3.63, 3.8) is 0 Å². The molecule has 2 aromatic carbocycles. The first-order chi connectivity index (χ1) is 15.5. The molecule has 0 spiro atoms. The molecule has 1 atom stereocenters. The van der Waals surface area contributed by atoms with Gasteiger partial charge in [0, 0.05) is 17.0 Å². The summed E-state index contributed by atoms with van der Waals surface area (Å²) in [5.41, 5.74) is 2.34. The van der Waals surface area contributed by atoms with Crippen LogP contribution in [-0.4, -0.2) is 28.7 Å². The summed E-state index contributed by atoms with van der Waals surface area (Å²) in [6, 6.07) is 19.6. The lowest BCUT2D eigenvalue weighted by Gasteiger charge is -2.15. The number of thioether (sulfide) groups is 1. The lowest BCUT2D eigenvalue weighted by molar-refractivity contribution is -0.121. The monoisotopic (exact) mass is 463 g/mol. The highest BCUT2D eigenvalue weighted by Crippen LogP contribution is 2.36. The molecule has 1 aliphatic rings. The first kappa shape index (κ1) is 21.9. The molecular formula is C24H18ClN3O3S. The predicted octanol–water partition coefficient (Wildman–Crippen LogP) is 5.10. The van der Waals surface area contributed by atoms with Crippen LogP contribution in [0.1, 0.15) is 18.9 Å². The Bertz CT molecular complexity index is 1210. The number of hydrogen-bond acceptors (Lipinski definition) is 6. The zero-order chi connectivity index (χ0) is 22.7. The molecular weight excluding hydrogens is 446 g/mol. The van der Waals surface area contributed by atoms with Crippen molar-refractivity contribution in [2.75, 3.05) is 11.5 Å². The number of hydrogen-bond donors (Lipinski definition) is 0. The molecule has 1 aliphatic heterocycles. The van der Waals surface area contributed by atoms with E-state index in [0.29, 0.717) is 39.3 Å². The van der Waals surface area contributed by atoms with Crippen LogP contribution >= 0.6 is 23.4 Å². The lowest BCUT2D eigenvalue weighted by atomic mass is 10.1. The first-order valence-electron chi connectivity index (χ1n) is 9.93. The number of anilines is 1. The molecule has 0 aliphatic carbocycles. The summed E-state index contributed by atoms with van der Waals surface area (Å²) in [6.45, 7) is 2.41. The van der Waals surface area contributed by atoms with Crippen LogP contribution in [0.2, 0.25) is 5.02 Å². The molecule has 1 saturated heterocycles. The fourth-order valence-electron chi connectivity index (χ4n) is 3.36. The Hall–Kier alpha value is -3.34. The molecule has 6 nitrogen and oxygen atoms in total. The predicted molar refractivity (Wildman–Crippen MR) is 124 cm³/mol. The first-order valence-corrected chi connectivity index (χ1v) is 11.2. The second-order valence-electron chi connectivity index (χ2n) is 6.97. The summed E-state index contributed by atoms with van der Waals surface area (Å²) in [5, 5.41) is 9.88. The van der Waals surface area contributed by atoms with Gasteiger partial charge in [-0.3, -0.25) is 9.59 Å². The van der Waals surface area contributed by atoms with Crippen molar-refractivity contribution in [2.24, 2.45) is 0 Å². The van der Waals surface area contributed by atoms with E-state index in [-0.39, 0.29) is 18.2 Å². The third kappa shape index (κ3) is 4.47. The van der Waals surface area contributed by atoms with Crippen molar-refractivity contribution in [1.82, 2.24) is 4.98 Å². The topological polar surface area (TPSA) is 83.3 Å². The molecule has 3 aromatic rings. The van der Waals surface area contributed by atoms with Gasteiger partial charge in [0.15, 0.2) is 0 Å². The Kier molecular flexibility index (Phi) is 6.45. The zero-order valence-corrected chi connectivity index (χ0v) is 18.7. The number of nitrogens with zero attached hydrogens (tertiary/aromatic N) is 3. The molecule has 32 heavy (non-hydrogen) atoms. The average molecular weight is 464 g/mol. The third-order valence-corrected chi connectivity index (χ3v) is 6.33. The molecule has 2 amide bonds. The maximum absolute atomic E-state index is 13.1. The number of imide groups is 1. The highest BCUT2D eigenvalue weighted by Gasteiger charge is 2.40. The SMILES string of the molecule is CCOc1ccc(N2C(=O)CC(Sc3nc(-c4ccc(Cl)cc4)ccc3C#N)C2=O)cc1. The van der Waals surface area contributed by atoms with Gasteiger partial charge in [0.05, 0.1) is 28.8 Å². The summed E-state index contributed by atoms with van der Waals surface area (Å²) < 4.78 is 5.42. The molecule has 1 fully saturated rings. The minimum Gasteiger partial charge on any atom is -0.494 e. The number of carbonyl (C=O) groups excluding carboxylic acids is 2. The number of carbonyl (C=O) groups is 2. The smallest absolute Gasteiger partial charge is 0.247 e. The summed E-state index contributed by atoms with van der Waals surface area (Å²) in [5.74, 6) is 0.0546. The van der Waals surface area contributed by atoms with E-state index in [1.165, 1.54) is 4.90 Å². The Morgan fingerprint density at radius 3 is 2.50 bits per heavy atom. The van der Waals surface area contributed by atoms with Gasteiger partial charge in [-0.1, -0.05) is 35.5 Å². The van der Waals surface area contributed by atoms with Crippen molar-refractivity contribution in [3.8, 4) is 23.1 Å². The minimum absolute atomic E-state index is 0.0361. The van der Waals surface area contributed by atoms with Crippen molar-refractivity contribution in [3.05, 3.63) is 71.2 Å². The molecule has 1 aromatic heterocycles. The van der Waals surface area contributed by atoms with E-state index >= 15 is 0 Å². The molecule has 0 N–H and O–H groups in total. The largest absolute Gasteiger partial charge is 0.494 e. The Morgan fingerprint density at radius 1 is 1.12 bits per heavy atom. The maximum Gasteiger partial charge on any atom is 0.247 e. The minimum atomic E-state index is -0.658. The van der Waals surface area contributed by atoms with Crippen LogP contribution in [0.25, 0.3) is 11.3 Å². The normalized spacial score (nSPS) is 15.7. The van der Waals surface area contributed by atoms with E-state index in [2.05, 4.69) is 11.1 Å². The van der Waals surface area contributed by atoms with Crippen LogP contribution in [0.3, 0.4) is 0 Å². The number of rotatable bonds is 6. The number of aromatic nitrogens is 1. The van der Waals surface area contributed by atoms with Gasteiger partial charge in [0.25, 0.3) is 0 Å². The molecule has 0 saturated carbocycles. The van der Waals surface area contributed by atoms with Crippen LogP contribution in [-0.2, 0) is 9.59 Å². The second kappa shape index (κ2) is 9.43. The molecule has 2 heterocycles. The zero-order valence-electron chi connectivity index (χ0n) is 17.1. The van der Waals surface area contributed by atoms with E-state index in [9.17, 15) is 14.9 Å². The van der Waals surface area contributed by atoms with Crippen LogP contribution in [0.5, 0.6) is 5.75 Å². The highest BCUT2D eigenvalue weighted by atomic mass is 35.5. The van der Waals surface area contributed by atoms with E-state index in [1.54, 1.807) is 48.5 Å². The van der Waals surface area contributed by atoms with Crippen LogP contribution < -0.4 is 9.64 Å².